The van der Waals surface area contributed by atoms with Crippen LogP contribution in [-0.2, 0) is 57.1 Å². The number of esters is 4. The molecule has 254 valence electrons. The Labute approximate surface area is 269 Å². The normalized spacial score (nSPS) is 32.4. The van der Waals surface area contributed by atoms with Crippen molar-refractivity contribution in [3.8, 4) is 5.75 Å². The number of carbonyl (C=O) groups is 6. The first kappa shape index (κ1) is 34.2. The summed E-state index contributed by atoms with van der Waals surface area (Å²) in [5.74, 6) is -6.10. The van der Waals surface area contributed by atoms with Gasteiger partial charge in [-0.25, -0.2) is 0 Å². The van der Waals surface area contributed by atoms with Gasteiger partial charge in [-0.1, -0.05) is 12.1 Å². The van der Waals surface area contributed by atoms with Crippen molar-refractivity contribution in [2.75, 3.05) is 6.61 Å². The van der Waals surface area contributed by atoms with E-state index < -0.39 is 102 Å². The van der Waals surface area contributed by atoms with Crippen molar-refractivity contribution in [2.45, 2.75) is 109 Å². The van der Waals surface area contributed by atoms with Crippen molar-refractivity contribution in [3.63, 3.8) is 0 Å². The first-order valence-electron chi connectivity index (χ1n) is 14.9. The minimum absolute atomic E-state index is 0.0000209. The molecule has 15 nitrogen and oxygen atoms in total. The van der Waals surface area contributed by atoms with E-state index in [0.29, 0.717) is 0 Å². The average molecular weight is 661 g/mol. The molecule has 47 heavy (non-hydrogen) atoms. The lowest BCUT2D eigenvalue weighted by molar-refractivity contribution is -0.320. The highest BCUT2D eigenvalue weighted by molar-refractivity contribution is 6.28. The lowest BCUT2D eigenvalue weighted by Gasteiger charge is -2.47. The van der Waals surface area contributed by atoms with Crippen LogP contribution < -0.4 is 0 Å². The highest BCUT2D eigenvalue weighted by Crippen LogP contribution is 2.51. The predicted octanol–water partition coefficient (Wildman–Crippen LogP) is 1.85. The van der Waals surface area contributed by atoms with Crippen LogP contribution in [0, 0.1) is 0 Å². The Morgan fingerprint density at radius 1 is 0.872 bits per heavy atom. The van der Waals surface area contributed by atoms with Crippen LogP contribution in [0.25, 0.3) is 0 Å². The van der Waals surface area contributed by atoms with Gasteiger partial charge in [0.25, 0.3) is 0 Å². The van der Waals surface area contributed by atoms with Crippen LogP contribution in [0.3, 0.4) is 0 Å². The summed E-state index contributed by atoms with van der Waals surface area (Å²) < 4.78 is 46.7. The molecule has 2 heterocycles. The maximum absolute atomic E-state index is 14.2. The highest BCUT2D eigenvalue weighted by Gasteiger charge is 2.62. The Morgan fingerprint density at radius 3 is 2.11 bits per heavy atom. The van der Waals surface area contributed by atoms with Crippen LogP contribution in [0.2, 0.25) is 0 Å². The summed E-state index contributed by atoms with van der Waals surface area (Å²) in [6.07, 6.45) is -10.2. The molecule has 2 aliphatic heterocycles. The molecule has 0 spiro atoms. The van der Waals surface area contributed by atoms with E-state index in [4.69, 9.17) is 37.9 Å². The molecule has 15 heteroatoms. The molecule has 1 aromatic rings. The molecule has 0 aromatic heterocycles. The molecule has 2 aliphatic carbocycles. The minimum Gasteiger partial charge on any atom is -0.507 e. The van der Waals surface area contributed by atoms with Gasteiger partial charge in [0.2, 0.25) is 0 Å². The van der Waals surface area contributed by atoms with E-state index in [1.165, 1.54) is 18.2 Å². The van der Waals surface area contributed by atoms with Gasteiger partial charge in [0, 0.05) is 50.8 Å². The summed E-state index contributed by atoms with van der Waals surface area (Å²) in [6.45, 7) is 8.85. The summed E-state index contributed by atoms with van der Waals surface area (Å²) in [5.41, 5.74) is -1.53. The third-order valence-electron chi connectivity index (χ3n) is 8.17. The van der Waals surface area contributed by atoms with E-state index in [0.717, 1.165) is 27.7 Å². The fourth-order valence-electron chi connectivity index (χ4n) is 6.68. The van der Waals surface area contributed by atoms with Crippen LogP contribution in [0.5, 0.6) is 5.75 Å². The number of Topliss-reactive ketones (excluding diaryl/α,β-unsaturated/α-hetero) is 2. The van der Waals surface area contributed by atoms with Crippen molar-refractivity contribution in [1.29, 1.82) is 0 Å². The second-order valence-electron chi connectivity index (χ2n) is 12.4. The van der Waals surface area contributed by atoms with Gasteiger partial charge in [-0.3, -0.25) is 28.8 Å². The van der Waals surface area contributed by atoms with Crippen LogP contribution in [0.15, 0.2) is 29.3 Å². The lowest BCUT2D eigenvalue weighted by atomic mass is 9.70. The lowest BCUT2D eigenvalue weighted by Crippen LogP contribution is -2.64. The standard InChI is InChI=1S/C32H36O15/c1-13(33)40-12-20-25(41-14(2)34)27(42-15(3)35)28(43-16(4)36)30(44-20)45-26-22-18(11-32(7)29(26)46-31(5,6)47-32)23(38)17-9-8-10-19(37)21(17)24(22)39/h8-10,20,25-30,37H,11-12H2,1-7H3/t20-,25-,26-,27+,28-,29+,30+,32-/m1/s1. The number of phenolic OH excluding ortho intramolecular Hbond substituents is 1. The number of ether oxygens (including phenoxy) is 8. The van der Waals surface area contributed by atoms with Crippen molar-refractivity contribution in [2.24, 2.45) is 0 Å². The second-order valence-corrected chi connectivity index (χ2v) is 12.4. The smallest absolute Gasteiger partial charge is 0.303 e. The fraction of sp³-hybridized carbons (Fsp3) is 0.562. The molecule has 0 unspecified atom stereocenters. The van der Waals surface area contributed by atoms with E-state index in [9.17, 15) is 33.9 Å². The van der Waals surface area contributed by atoms with Gasteiger partial charge in [0.05, 0.1) is 5.56 Å². The molecule has 0 amide bonds. The number of hydrogen-bond donors (Lipinski definition) is 1. The highest BCUT2D eigenvalue weighted by atomic mass is 16.8. The molecule has 2 fully saturated rings. The van der Waals surface area contributed by atoms with Crippen molar-refractivity contribution in [1.82, 2.24) is 0 Å². The molecule has 0 bridgehead atoms. The fourth-order valence-corrected chi connectivity index (χ4v) is 6.68. The van der Waals surface area contributed by atoms with Gasteiger partial charge >= 0.3 is 23.9 Å². The molecule has 8 atom stereocenters. The van der Waals surface area contributed by atoms with E-state index in [-0.39, 0.29) is 28.7 Å². The third kappa shape index (κ3) is 6.52. The van der Waals surface area contributed by atoms with Crippen LogP contribution >= 0.6 is 0 Å². The van der Waals surface area contributed by atoms with E-state index in [1.54, 1.807) is 20.8 Å². The molecule has 0 saturated carbocycles. The number of ketones is 2. The molecular formula is C32H36O15. The first-order valence-corrected chi connectivity index (χ1v) is 14.9. The number of rotatable bonds is 7. The van der Waals surface area contributed by atoms with Crippen LogP contribution in [0.1, 0.15) is 75.6 Å². The summed E-state index contributed by atoms with van der Waals surface area (Å²) >= 11 is 0. The molecule has 1 N–H and O–H groups in total. The molecule has 4 aliphatic rings. The number of aromatic hydroxyl groups is 1. The predicted molar refractivity (Wildman–Crippen MR) is 154 cm³/mol. The Balaban J connectivity index is 1.64. The van der Waals surface area contributed by atoms with Gasteiger partial charge < -0.3 is 43.0 Å². The van der Waals surface area contributed by atoms with Gasteiger partial charge in [0.15, 0.2) is 42.0 Å². The number of fused-ring (bicyclic) bond motifs is 2. The number of hydrogen-bond acceptors (Lipinski definition) is 15. The van der Waals surface area contributed by atoms with Gasteiger partial charge in [0.1, 0.15) is 36.3 Å². The molecule has 0 radical (unpaired) electrons. The van der Waals surface area contributed by atoms with Crippen LogP contribution in [-0.4, -0.2) is 101 Å². The number of benzene rings is 1. The Kier molecular flexibility index (Phi) is 9.05. The Bertz CT molecular complexity index is 1560. The maximum atomic E-state index is 14.2. The first-order chi connectivity index (χ1) is 21.9. The molecule has 1 aromatic carbocycles. The van der Waals surface area contributed by atoms with Gasteiger partial charge in [-0.2, -0.15) is 0 Å². The van der Waals surface area contributed by atoms with E-state index >= 15 is 0 Å². The summed E-state index contributed by atoms with van der Waals surface area (Å²) in [5, 5.41) is 10.7. The largest absolute Gasteiger partial charge is 0.507 e. The Hall–Kier alpha value is -4.18. The zero-order chi connectivity index (χ0) is 34.6. The average Bonchev–Trinajstić information content (AvgIpc) is 3.20. The summed E-state index contributed by atoms with van der Waals surface area (Å²) in [7, 11) is 0. The van der Waals surface area contributed by atoms with Gasteiger partial charge in [-0.15, -0.1) is 0 Å². The zero-order valence-corrected chi connectivity index (χ0v) is 26.9. The maximum Gasteiger partial charge on any atom is 0.303 e. The van der Waals surface area contributed by atoms with E-state index in [1.807, 2.05) is 0 Å². The molecular weight excluding hydrogens is 624 g/mol. The molecule has 2 saturated heterocycles. The summed E-state index contributed by atoms with van der Waals surface area (Å²) in [6, 6.07) is 4.15. The summed E-state index contributed by atoms with van der Waals surface area (Å²) in [4.78, 5) is 76.6. The Morgan fingerprint density at radius 2 is 1.49 bits per heavy atom. The monoisotopic (exact) mass is 660 g/mol. The van der Waals surface area contributed by atoms with Crippen molar-refractivity contribution < 1.29 is 71.8 Å². The van der Waals surface area contributed by atoms with Crippen molar-refractivity contribution in [3.05, 3.63) is 40.5 Å². The zero-order valence-electron chi connectivity index (χ0n) is 26.9. The number of carbonyl (C=O) groups excluding carboxylic acids is 6. The van der Waals surface area contributed by atoms with Crippen LogP contribution in [0.4, 0.5) is 0 Å². The van der Waals surface area contributed by atoms with Crippen molar-refractivity contribution >= 4 is 35.4 Å². The van der Waals surface area contributed by atoms with Gasteiger partial charge in [-0.05, 0) is 26.8 Å². The topological polar surface area (TPSA) is 196 Å². The second kappa shape index (κ2) is 12.4. The third-order valence-corrected chi connectivity index (χ3v) is 8.17. The van der Waals surface area contributed by atoms with E-state index in [2.05, 4.69) is 0 Å². The molecule has 5 rings (SSSR count). The minimum atomic E-state index is -1.70. The SMILES string of the molecule is CC(=O)OC[C@H]1O[C@@H](O[C@@H]2C3=C(C[C@@]4(C)OC(C)(C)O[C@@H]24)C(=O)c2cccc(O)c2C3=O)[C@H](OC(C)=O)[C@@H](OC(C)=O)[C@@H]1OC(C)=O. The quantitative estimate of drug-likeness (QED) is 0.328. The number of phenols is 1.